The van der Waals surface area contributed by atoms with Gasteiger partial charge in [-0.2, -0.15) is 0 Å². The summed E-state index contributed by atoms with van der Waals surface area (Å²) in [5, 5.41) is 0. The maximum atomic E-state index is 12.8. The molecule has 1 aliphatic heterocycles. The van der Waals surface area contributed by atoms with Crippen LogP contribution in [-0.4, -0.2) is 47.8 Å². The highest BCUT2D eigenvalue weighted by Crippen LogP contribution is 2.32. The molecule has 4 heteroatoms. The Labute approximate surface area is 151 Å². The van der Waals surface area contributed by atoms with Crippen LogP contribution in [0, 0.1) is 0 Å². The van der Waals surface area contributed by atoms with E-state index < -0.39 is 0 Å². The lowest BCUT2D eigenvalue weighted by molar-refractivity contribution is -0.130. The Kier molecular flexibility index (Phi) is 6.11. The lowest BCUT2D eigenvalue weighted by atomic mass is 9.84. The zero-order valence-corrected chi connectivity index (χ0v) is 15.4. The summed E-state index contributed by atoms with van der Waals surface area (Å²) in [6, 6.07) is 8.28. The van der Waals surface area contributed by atoms with Gasteiger partial charge in [-0.05, 0) is 42.9 Å². The molecule has 1 saturated carbocycles. The van der Waals surface area contributed by atoms with Crippen molar-refractivity contribution in [3.05, 3.63) is 35.4 Å². The molecule has 3 rings (SSSR count). The van der Waals surface area contributed by atoms with Gasteiger partial charge in [-0.15, -0.1) is 0 Å². The monoisotopic (exact) mass is 342 g/mol. The van der Waals surface area contributed by atoms with Crippen molar-refractivity contribution in [1.29, 1.82) is 0 Å². The second-order valence-electron chi connectivity index (χ2n) is 7.34. The highest BCUT2D eigenvalue weighted by molar-refractivity contribution is 5.94. The molecule has 1 saturated heterocycles. The molecule has 1 aromatic rings. The summed E-state index contributed by atoms with van der Waals surface area (Å²) in [6.45, 7) is 4.67. The summed E-state index contributed by atoms with van der Waals surface area (Å²) in [4.78, 5) is 28.5. The van der Waals surface area contributed by atoms with Crippen LogP contribution in [0.5, 0.6) is 0 Å². The van der Waals surface area contributed by atoms with E-state index in [1.807, 2.05) is 28.9 Å². The first-order valence-electron chi connectivity index (χ1n) is 9.86. The number of hydrogen-bond acceptors (Lipinski definition) is 2. The number of amides is 2. The van der Waals surface area contributed by atoms with E-state index >= 15 is 0 Å². The lowest BCUT2D eigenvalue weighted by Gasteiger charge is -2.23. The molecule has 0 radical (unpaired) electrons. The Bertz CT molecular complexity index is 590. The molecule has 0 atom stereocenters. The SMILES string of the molecule is CCC(=O)N1CCCN(C(=O)c2ccc(C3CCCCC3)cc2)CC1. The van der Waals surface area contributed by atoms with Crippen LogP contribution in [0.3, 0.4) is 0 Å². The van der Waals surface area contributed by atoms with Gasteiger partial charge in [-0.3, -0.25) is 9.59 Å². The number of carbonyl (C=O) groups is 2. The van der Waals surface area contributed by atoms with Gasteiger partial charge in [-0.25, -0.2) is 0 Å². The van der Waals surface area contributed by atoms with Crippen molar-refractivity contribution in [2.45, 2.75) is 57.8 Å². The average molecular weight is 342 g/mol. The average Bonchev–Trinajstić information content (AvgIpc) is 2.94. The maximum absolute atomic E-state index is 12.8. The Morgan fingerprint density at radius 2 is 1.52 bits per heavy atom. The summed E-state index contributed by atoms with van der Waals surface area (Å²) < 4.78 is 0. The number of hydrogen-bond donors (Lipinski definition) is 0. The molecule has 0 aromatic heterocycles. The highest BCUT2D eigenvalue weighted by Gasteiger charge is 2.22. The summed E-state index contributed by atoms with van der Waals surface area (Å²) in [7, 11) is 0. The third kappa shape index (κ3) is 4.42. The summed E-state index contributed by atoms with van der Waals surface area (Å²) in [6.07, 6.45) is 7.97. The van der Waals surface area contributed by atoms with Crippen LogP contribution < -0.4 is 0 Å². The van der Waals surface area contributed by atoms with Gasteiger partial charge in [0.2, 0.25) is 5.91 Å². The van der Waals surface area contributed by atoms with Crippen LogP contribution in [0.2, 0.25) is 0 Å². The Hall–Kier alpha value is -1.84. The first kappa shape index (κ1) is 18.0. The van der Waals surface area contributed by atoms with Gasteiger partial charge >= 0.3 is 0 Å². The smallest absolute Gasteiger partial charge is 0.253 e. The molecule has 136 valence electrons. The molecule has 0 bridgehead atoms. The number of benzene rings is 1. The van der Waals surface area contributed by atoms with Gasteiger partial charge in [0.1, 0.15) is 0 Å². The molecular formula is C21H30N2O2. The Balaban J connectivity index is 1.61. The van der Waals surface area contributed by atoms with E-state index in [1.165, 1.54) is 37.7 Å². The summed E-state index contributed by atoms with van der Waals surface area (Å²) in [5.74, 6) is 0.955. The first-order valence-corrected chi connectivity index (χ1v) is 9.86. The van der Waals surface area contributed by atoms with E-state index in [4.69, 9.17) is 0 Å². The topological polar surface area (TPSA) is 40.6 Å². The molecule has 2 aliphatic rings. The molecule has 0 spiro atoms. The van der Waals surface area contributed by atoms with Crippen molar-refractivity contribution < 1.29 is 9.59 Å². The molecular weight excluding hydrogens is 312 g/mol. The lowest BCUT2D eigenvalue weighted by Crippen LogP contribution is -2.37. The minimum Gasteiger partial charge on any atom is -0.341 e. The van der Waals surface area contributed by atoms with Crippen LogP contribution in [0.4, 0.5) is 0 Å². The second-order valence-corrected chi connectivity index (χ2v) is 7.34. The molecule has 4 nitrogen and oxygen atoms in total. The van der Waals surface area contributed by atoms with E-state index in [9.17, 15) is 9.59 Å². The van der Waals surface area contributed by atoms with Gasteiger partial charge in [0.25, 0.3) is 5.91 Å². The van der Waals surface area contributed by atoms with Gasteiger partial charge < -0.3 is 9.80 Å². The van der Waals surface area contributed by atoms with Crippen LogP contribution in [0.15, 0.2) is 24.3 Å². The first-order chi connectivity index (χ1) is 12.2. The van der Waals surface area contributed by atoms with E-state index in [2.05, 4.69) is 12.1 Å². The molecule has 25 heavy (non-hydrogen) atoms. The normalized spacial score (nSPS) is 19.6. The third-order valence-corrected chi connectivity index (χ3v) is 5.67. The van der Waals surface area contributed by atoms with Crippen LogP contribution in [-0.2, 0) is 4.79 Å². The third-order valence-electron chi connectivity index (χ3n) is 5.67. The van der Waals surface area contributed by atoms with Gasteiger partial charge in [0, 0.05) is 38.2 Å². The predicted octanol–water partition coefficient (Wildman–Crippen LogP) is 3.82. The Morgan fingerprint density at radius 3 is 2.20 bits per heavy atom. The van der Waals surface area contributed by atoms with Crippen molar-refractivity contribution in [2.24, 2.45) is 0 Å². The number of carbonyl (C=O) groups excluding carboxylic acids is 2. The largest absolute Gasteiger partial charge is 0.341 e. The molecule has 1 aromatic carbocycles. The number of rotatable bonds is 3. The Morgan fingerprint density at radius 1 is 0.880 bits per heavy atom. The van der Waals surface area contributed by atoms with Crippen molar-refractivity contribution in [3.63, 3.8) is 0 Å². The summed E-state index contributed by atoms with van der Waals surface area (Å²) in [5.41, 5.74) is 2.15. The minimum absolute atomic E-state index is 0.0981. The van der Waals surface area contributed by atoms with E-state index in [0.29, 0.717) is 25.4 Å². The number of nitrogens with zero attached hydrogens (tertiary/aromatic N) is 2. The molecule has 2 fully saturated rings. The quantitative estimate of drug-likeness (QED) is 0.838. The summed E-state index contributed by atoms with van der Waals surface area (Å²) >= 11 is 0. The second kappa shape index (κ2) is 8.50. The minimum atomic E-state index is 0.0981. The fraction of sp³-hybridized carbons (Fsp3) is 0.619. The fourth-order valence-corrected chi connectivity index (χ4v) is 4.11. The molecule has 0 N–H and O–H groups in total. The van der Waals surface area contributed by atoms with Gasteiger partial charge in [0.15, 0.2) is 0 Å². The fourth-order valence-electron chi connectivity index (χ4n) is 4.11. The predicted molar refractivity (Wildman–Crippen MR) is 99.7 cm³/mol. The van der Waals surface area contributed by atoms with Crippen molar-refractivity contribution >= 4 is 11.8 Å². The van der Waals surface area contributed by atoms with Crippen molar-refractivity contribution in [1.82, 2.24) is 9.80 Å². The van der Waals surface area contributed by atoms with Crippen LogP contribution in [0.1, 0.15) is 73.7 Å². The molecule has 1 heterocycles. The molecule has 1 aliphatic carbocycles. The standard InChI is InChI=1S/C21H30N2O2/c1-2-20(24)22-13-6-14-23(16-15-22)21(25)19-11-9-18(10-12-19)17-7-4-3-5-8-17/h9-12,17H,2-8,13-16H2,1H3. The van der Waals surface area contributed by atoms with Crippen molar-refractivity contribution in [3.8, 4) is 0 Å². The van der Waals surface area contributed by atoms with Gasteiger partial charge in [-0.1, -0.05) is 38.3 Å². The highest BCUT2D eigenvalue weighted by atomic mass is 16.2. The zero-order chi connectivity index (χ0) is 17.6. The van der Waals surface area contributed by atoms with Crippen LogP contribution >= 0.6 is 0 Å². The van der Waals surface area contributed by atoms with E-state index in [-0.39, 0.29) is 11.8 Å². The maximum Gasteiger partial charge on any atom is 0.253 e. The van der Waals surface area contributed by atoms with Crippen LogP contribution in [0.25, 0.3) is 0 Å². The van der Waals surface area contributed by atoms with Gasteiger partial charge in [0.05, 0.1) is 0 Å². The van der Waals surface area contributed by atoms with Crippen molar-refractivity contribution in [2.75, 3.05) is 26.2 Å². The molecule has 0 unspecified atom stereocenters. The van der Waals surface area contributed by atoms with E-state index in [0.717, 1.165) is 25.1 Å². The van der Waals surface area contributed by atoms with E-state index in [1.54, 1.807) is 0 Å². The molecule has 2 amide bonds. The zero-order valence-electron chi connectivity index (χ0n) is 15.4.